The molecule has 0 fully saturated rings. The van der Waals surface area contributed by atoms with Crippen LogP contribution in [0.2, 0.25) is 0 Å². The van der Waals surface area contributed by atoms with E-state index in [1.165, 1.54) is 20.8 Å². The zero-order valence-corrected chi connectivity index (χ0v) is 18.5. The first-order valence-corrected chi connectivity index (χ1v) is 9.93. The van der Waals surface area contributed by atoms with Gasteiger partial charge < -0.3 is 32.1 Å². The number of primary amides is 1. The number of carbonyl (C=O) groups is 6. The van der Waals surface area contributed by atoms with Crippen LogP contribution < -0.4 is 27.0 Å². The van der Waals surface area contributed by atoms with Gasteiger partial charge in [-0.05, 0) is 32.6 Å². The van der Waals surface area contributed by atoms with E-state index in [-0.39, 0.29) is 24.7 Å². The molecule has 0 aliphatic heterocycles. The van der Waals surface area contributed by atoms with Crippen molar-refractivity contribution in [1.82, 2.24) is 21.3 Å². The molecular weight excluding hydrogens is 410 g/mol. The van der Waals surface area contributed by atoms with Crippen molar-refractivity contribution in [2.75, 3.05) is 0 Å². The molecular formula is C19H33N5O7. The molecule has 5 amide bonds. The number of hydrogen-bond acceptors (Lipinski definition) is 6. The number of nitrogens with one attached hydrogen (secondary N) is 4. The maximum Gasteiger partial charge on any atom is 0.326 e. The molecule has 0 bridgehead atoms. The second kappa shape index (κ2) is 13.2. The largest absolute Gasteiger partial charge is 0.480 e. The minimum absolute atomic E-state index is 0.118. The molecule has 176 valence electrons. The van der Waals surface area contributed by atoms with Crippen molar-refractivity contribution in [3.63, 3.8) is 0 Å². The fourth-order valence-corrected chi connectivity index (χ4v) is 2.57. The fraction of sp³-hybridized carbons (Fsp3) is 0.684. The monoisotopic (exact) mass is 443 g/mol. The van der Waals surface area contributed by atoms with Crippen molar-refractivity contribution >= 4 is 35.5 Å². The Balaban J connectivity index is 4.86. The lowest BCUT2D eigenvalue weighted by atomic mass is 10.0. The van der Waals surface area contributed by atoms with E-state index >= 15 is 0 Å². The molecule has 0 saturated carbocycles. The van der Waals surface area contributed by atoms with Crippen LogP contribution in [0.15, 0.2) is 0 Å². The maximum atomic E-state index is 12.4. The molecule has 12 heteroatoms. The summed E-state index contributed by atoms with van der Waals surface area (Å²) >= 11 is 0. The molecule has 31 heavy (non-hydrogen) atoms. The minimum atomic E-state index is -1.34. The van der Waals surface area contributed by atoms with E-state index < -0.39 is 53.8 Å². The molecule has 7 N–H and O–H groups in total. The Labute approximate surface area is 181 Å². The summed E-state index contributed by atoms with van der Waals surface area (Å²) < 4.78 is 0. The Kier molecular flexibility index (Phi) is 11.8. The highest BCUT2D eigenvalue weighted by Crippen LogP contribution is 2.05. The van der Waals surface area contributed by atoms with Gasteiger partial charge in [0, 0.05) is 13.3 Å². The molecule has 0 spiro atoms. The number of hydrogen-bond donors (Lipinski definition) is 6. The van der Waals surface area contributed by atoms with Gasteiger partial charge in [0.2, 0.25) is 29.5 Å². The Morgan fingerprint density at radius 1 is 0.774 bits per heavy atom. The molecule has 0 aromatic carbocycles. The number of carbonyl (C=O) groups excluding carboxylic acids is 5. The molecule has 4 unspecified atom stereocenters. The predicted molar refractivity (Wildman–Crippen MR) is 110 cm³/mol. The van der Waals surface area contributed by atoms with Crippen molar-refractivity contribution in [2.24, 2.45) is 11.7 Å². The number of carboxylic acid groups (broad SMARTS) is 1. The third-order valence-corrected chi connectivity index (χ3v) is 4.20. The topological polar surface area (TPSA) is 197 Å². The van der Waals surface area contributed by atoms with Crippen molar-refractivity contribution in [3.05, 3.63) is 0 Å². The molecule has 0 rings (SSSR count). The molecule has 12 nitrogen and oxygen atoms in total. The van der Waals surface area contributed by atoms with Gasteiger partial charge in [0.1, 0.15) is 24.2 Å². The van der Waals surface area contributed by atoms with Crippen LogP contribution in [0.3, 0.4) is 0 Å². The highest BCUT2D eigenvalue weighted by molar-refractivity contribution is 5.94. The Morgan fingerprint density at radius 2 is 1.26 bits per heavy atom. The molecule has 4 atom stereocenters. The number of rotatable bonds is 13. The van der Waals surface area contributed by atoms with Gasteiger partial charge in [-0.2, -0.15) is 0 Å². The maximum absolute atomic E-state index is 12.4. The van der Waals surface area contributed by atoms with Crippen LogP contribution in [0, 0.1) is 5.92 Å². The van der Waals surface area contributed by atoms with Gasteiger partial charge in [-0.15, -0.1) is 0 Å². The SMILES string of the molecule is CC(=O)NC(CC(C)C)C(=O)NC(C)C(=O)NC(C)C(=O)NC(CCC(N)=O)C(=O)O. The fourth-order valence-electron chi connectivity index (χ4n) is 2.57. The summed E-state index contributed by atoms with van der Waals surface area (Å²) in [5, 5.41) is 18.7. The van der Waals surface area contributed by atoms with Crippen LogP contribution in [0.1, 0.15) is 53.9 Å². The molecule has 0 radical (unpaired) electrons. The average Bonchev–Trinajstić information content (AvgIpc) is 2.62. The molecule has 0 aliphatic carbocycles. The zero-order valence-electron chi connectivity index (χ0n) is 18.5. The Bertz CT molecular complexity index is 695. The first-order chi connectivity index (χ1) is 14.2. The van der Waals surface area contributed by atoms with Crippen LogP contribution in [0.25, 0.3) is 0 Å². The van der Waals surface area contributed by atoms with E-state index in [0.717, 1.165) is 0 Å². The number of nitrogens with two attached hydrogens (primary N) is 1. The standard InChI is InChI=1S/C19H33N5O7/c1-9(2)8-14(23-12(5)25)18(29)22-10(3)16(27)21-11(4)17(28)24-13(19(30)31)6-7-15(20)26/h9-11,13-14H,6-8H2,1-5H3,(H2,20,26)(H,21,27)(H,22,29)(H,23,25)(H,24,28)(H,30,31). The van der Waals surface area contributed by atoms with Gasteiger partial charge >= 0.3 is 5.97 Å². The van der Waals surface area contributed by atoms with Crippen molar-refractivity contribution in [2.45, 2.75) is 78.0 Å². The second-order valence-corrected chi connectivity index (χ2v) is 7.75. The first kappa shape index (κ1) is 27.8. The van der Waals surface area contributed by atoms with Crippen LogP contribution in [0.5, 0.6) is 0 Å². The van der Waals surface area contributed by atoms with Crippen molar-refractivity contribution in [1.29, 1.82) is 0 Å². The number of amides is 5. The van der Waals surface area contributed by atoms with E-state index in [1.54, 1.807) is 0 Å². The van der Waals surface area contributed by atoms with Crippen molar-refractivity contribution in [3.8, 4) is 0 Å². The van der Waals surface area contributed by atoms with Crippen LogP contribution in [-0.4, -0.2) is 64.8 Å². The summed E-state index contributed by atoms with van der Waals surface area (Å²) in [7, 11) is 0. The highest BCUT2D eigenvalue weighted by Gasteiger charge is 2.27. The third-order valence-electron chi connectivity index (χ3n) is 4.20. The Morgan fingerprint density at radius 3 is 1.68 bits per heavy atom. The lowest BCUT2D eigenvalue weighted by molar-refractivity contribution is -0.142. The molecule has 0 heterocycles. The van der Waals surface area contributed by atoms with Gasteiger partial charge in [-0.1, -0.05) is 13.8 Å². The first-order valence-electron chi connectivity index (χ1n) is 9.93. The van der Waals surface area contributed by atoms with Crippen LogP contribution >= 0.6 is 0 Å². The third kappa shape index (κ3) is 11.6. The minimum Gasteiger partial charge on any atom is -0.480 e. The summed E-state index contributed by atoms with van der Waals surface area (Å²) in [5.41, 5.74) is 4.99. The average molecular weight is 444 g/mol. The van der Waals surface area contributed by atoms with E-state index in [9.17, 15) is 28.8 Å². The van der Waals surface area contributed by atoms with Crippen LogP contribution in [-0.2, 0) is 28.8 Å². The van der Waals surface area contributed by atoms with E-state index in [4.69, 9.17) is 10.8 Å². The van der Waals surface area contributed by atoms with Gasteiger partial charge in [0.25, 0.3) is 0 Å². The molecule has 0 saturated heterocycles. The van der Waals surface area contributed by atoms with E-state index in [0.29, 0.717) is 6.42 Å². The summed E-state index contributed by atoms with van der Waals surface area (Å²) in [5.74, 6) is -4.31. The van der Waals surface area contributed by atoms with Crippen LogP contribution in [0.4, 0.5) is 0 Å². The highest BCUT2D eigenvalue weighted by atomic mass is 16.4. The van der Waals surface area contributed by atoms with Gasteiger partial charge in [0.15, 0.2) is 0 Å². The number of aliphatic carboxylic acids is 1. The summed E-state index contributed by atoms with van der Waals surface area (Å²) in [4.78, 5) is 70.3. The summed E-state index contributed by atoms with van der Waals surface area (Å²) in [6.45, 7) is 7.79. The Hall–Kier alpha value is -3.18. The molecule has 0 aromatic rings. The second-order valence-electron chi connectivity index (χ2n) is 7.75. The zero-order chi connectivity index (χ0) is 24.3. The normalized spacial score (nSPS) is 14.5. The summed E-state index contributed by atoms with van der Waals surface area (Å²) in [6, 6.07) is -4.28. The van der Waals surface area contributed by atoms with E-state index in [1.807, 2.05) is 13.8 Å². The van der Waals surface area contributed by atoms with Crippen molar-refractivity contribution < 1.29 is 33.9 Å². The van der Waals surface area contributed by atoms with Gasteiger partial charge in [0.05, 0.1) is 0 Å². The molecule has 0 aliphatic rings. The molecule has 0 aromatic heterocycles. The van der Waals surface area contributed by atoms with E-state index in [2.05, 4.69) is 21.3 Å². The smallest absolute Gasteiger partial charge is 0.326 e. The lowest BCUT2D eigenvalue weighted by Crippen LogP contribution is -2.56. The van der Waals surface area contributed by atoms with Gasteiger partial charge in [-0.3, -0.25) is 24.0 Å². The predicted octanol–water partition coefficient (Wildman–Crippen LogP) is -1.62. The quantitative estimate of drug-likeness (QED) is 0.197. The lowest BCUT2D eigenvalue weighted by Gasteiger charge is -2.23. The number of carboxylic acids is 1. The van der Waals surface area contributed by atoms with Gasteiger partial charge in [-0.25, -0.2) is 4.79 Å². The summed E-state index contributed by atoms with van der Waals surface area (Å²) in [6.07, 6.45) is -0.0444.